The number of hydrogen-bond acceptors (Lipinski definition) is 8. The van der Waals surface area contributed by atoms with Gasteiger partial charge in [-0.05, 0) is 93.5 Å². The minimum atomic E-state index is -0.734. The molecule has 0 aromatic heterocycles. The van der Waals surface area contributed by atoms with Crippen LogP contribution in [0.15, 0.2) is 30.3 Å². The summed E-state index contributed by atoms with van der Waals surface area (Å²) in [5.74, 6) is 1.90. The predicted molar refractivity (Wildman–Crippen MR) is 156 cm³/mol. The Morgan fingerprint density at radius 3 is 2.14 bits per heavy atom. The van der Waals surface area contributed by atoms with E-state index < -0.39 is 17.8 Å². The average Bonchev–Trinajstić information content (AvgIpc) is 3.13. The van der Waals surface area contributed by atoms with E-state index in [4.69, 9.17) is 23.7 Å². The lowest BCUT2D eigenvalue weighted by Gasteiger charge is -2.36. The summed E-state index contributed by atoms with van der Waals surface area (Å²) in [4.78, 5) is 41.7. The van der Waals surface area contributed by atoms with Crippen molar-refractivity contribution in [1.82, 2.24) is 9.80 Å². The molecular formula is C32H42N2O8. The molecule has 1 atom stereocenters. The summed E-state index contributed by atoms with van der Waals surface area (Å²) in [5.41, 5.74) is 3.78. The monoisotopic (exact) mass is 582 g/mol. The van der Waals surface area contributed by atoms with E-state index in [-0.39, 0.29) is 31.4 Å². The third kappa shape index (κ3) is 7.66. The van der Waals surface area contributed by atoms with Gasteiger partial charge in [0.25, 0.3) is 0 Å². The number of carbonyl (C=O) groups excluding carboxylic acids is 3. The SMILES string of the molecule is CCOC(=O)Oc1ccc2c(c1)CC2CN(CCC(=O)N1CCc2cc(OC)c(OC)cc2CC1)C(=O)OC(C)(C)C. The van der Waals surface area contributed by atoms with Crippen LogP contribution >= 0.6 is 0 Å². The van der Waals surface area contributed by atoms with Crippen molar-refractivity contribution in [2.24, 2.45) is 0 Å². The highest BCUT2D eigenvalue weighted by molar-refractivity contribution is 5.77. The van der Waals surface area contributed by atoms with Gasteiger partial charge >= 0.3 is 12.2 Å². The standard InChI is InChI=1S/C32H42N2O8/c1-7-40-31(37)41-25-8-9-26-23(17-25)16-24(26)20-34(30(36)42-32(2,3)4)15-12-29(35)33-13-10-21-18-27(38-5)28(39-6)19-22(21)11-14-33/h8-9,17-19,24H,7,10-16,20H2,1-6H3. The number of benzene rings is 2. The number of fused-ring (bicyclic) bond motifs is 2. The number of amides is 2. The van der Waals surface area contributed by atoms with Crippen molar-refractivity contribution in [1.29, 1.82) is 0 Å². The van der Waals surface area contributed by atoms with Crippen LogP contribution in [0.5, 0.6) is 17.2 Å². The van der Waals surface area contributed by atoms with E-state index in [0.29, 0.717) is 36.9 Å². The summed E-state index contributed by atoms with van der Waals surface area (Å²) >= 11 is 0. The molecule has 2 amide bonds. The maximum absolute atomic E-state index is 13.3. The zero-order chi connectivity index (χ0) is 30.4. The molecule has 2 aromatic carbocycles. The van der Waals surface area contributed by atoms with Gasteiger partial charge in [-0.1, -0.05) is 6.07 Å². The topological polar surface area (TPSA) is 104 Å². The molecule has 1 aliphatic heterocycles. The second-order valence-corrected chi connectivity index (χ2v) is 11.6. The second kappa shape index (κ2) is 13.4. The summed E-state index contributed by atoms with van der Waals surface area (Å²) in [6.07, 6.45) is 1.19. The predicted octanol–water partition coefficient (Wildman–Crippen LogP) is 5.13. The van der Waals surface area contributed by atoms with Gasteiger partial charge in [-0.2, -0.15) is 0 Å². The maximum Gasteiger partial charge on any atom is 0.513 e. The van der Waals surface area contributed by atoms with E-state index in [2.05, 4.69) is 0 Å². The molecule has 0 bridgehead atoms. The van der Waals surface area contributed by atoms with E-state index in [1.54, 1.807) is 32.1 Å². The van der Waals surface area contributed by atoms with E-state index in [1.165, 1.54) is 0 Å². The molecule has 0 N–H and O–H groups in total. The fourth-order valence-electron chi connectivity index (χ4n) is 5.41. The smallest absolute Gasteiger partial charge is 0.493 e. The van der Waals surface area contributed by atoms with Crippen LogP contribution < -0.4 is 14.2 Å². The Hall–Kier alpha value is -3.95. The van der Waals surface area contributed by atoms with Gasteiger partial charge in [0.1, 0.15) is 11.4 Å². The molecule has 10 heteroatoms. The Morgan fingerprint density at radius 2 is 1.60 bits per heavy atom. The Labute approximate surface area is 247 Å². The largest absolute Gasteiger partial charge is 0.513 e. The number of rotatable bonds is 9. The first-order valence-corrected chi connectivity index (χ1v) is 14.5. The number of ether oxygens (including phenoxy) is 5. The van der Waals surface area contributed by atoms with Crippen molar-refractivity contribution >= 4 is 18.2 Å². The Balaban J connectivity index is 1.38. The van der Waals surface area contributed by atoms with E-state index in [0.717, 1.165) is 41.5 Å². The van der Waals surface area contributed by atoms with Crippen molar-refractivity contribution in [3.05, 3.63) is 52.6 Å². The minimum Gasteiger partial charge on any atom is -0.493 e. The summed E-state index contributed by atoms with van der Waals surface area (Å²) in [6, 6.07) is 9.46. The summed E-state index contributed by atoms with van der Waals surface area (Å²) in [5, 5.41) is 0. The van der Waals surface area contributed by atoms with Gasteiger partial charge in [0.05, 0.1) is 20.8 Å². The van der Waals surface area contributed by atoms with Gasteiger partial charge in [0, 0.05) is 38.5 Å². The highest BCUT2D eigenvalue weighted by Gasteiger charge is 2.32. The normalized spacial score (nSPS) is 15.8. The fraction of sp³-hybridized carbons (Fsp3) is 0.531. The van der Waals surface area contributed by atoms with Gasteiger partial charge in [-0.3, -0.25) is 4.79 Å². The quantitative estimate of drug-likeness (QED) is 0.296. The van der Waals surface area contributed by atoms with Crippen molar-refractivity contribution in [2.45, 2.75) is 64.9 Å². The molecule has 228 valence electrons. The van der Waals surface area contributed by atoms with Gasteiger partial charge in [-0.25, -0.2) is 9.59 Å². The minimum absolute atomic E-state index is 0.00469. The van der Waals surface area contributed by atoms with Crippen molar-refractivity contribution < 1.29 is 38.1 Å². The maximum atomic E-state index is 13.3. The van der Waals surface area contributed by atoms with Crippen LogP contribution in [-0.2, 0) is 33.5 Å². The molecule has 0 radical (unpaired) electrons. The average molecular weight is 583 g/mol. The number of methoxy groups -OCH3 is 2. The molecule has 0 saturated carbocycles. The fourth-order valence-corrected chi connectivity index (χ4v) is 5.41. The first-order chi connectivity index (χ1) is 20.0. The van der Waals surface area contributed by atoms with Gasteiger partial charge < -0.3 is 33.5 Å². The van der Waals surface area contributed by atoms with Crippen LogP contribution in [-0.4, -0.2) is 80.6 Å². The zero-order valence-corrected chi connectivity index (χ0v) is 25.5. The molecule has 0 saturated heterocycles. The summed E-state index contributed by atoms with van der Waals surface area (Å²) < 4.78 is 26.7. The molecular weight excluding hydrogens is 540 g/mol. The number of hydrogen-bond donors (Lipinski definition) is 0. The van der Waals surface area contributed by atoms with Crippen molar-refractivity contribution in [2.75, 3.05) is 47.0 Å². The Bertz CT molecular complexity index is 1270. The van der Waals surface area contributed by atoms with Crippen LogP contribution in [0.25, 0.3) is 0 Å². The van der Waals surface area contributed by atoms with E-state index >= 15 is 0 Å². The molecule has 1 unspecified atom stereocenters. The highest BCUT2D eigenvalue weighted by atomic mass is 16.7. The lowest BCUT2D eigenvalue weighted by Crippen LogP contribution is -2.43. The molecule has 0 spiro atoms. The zero-order valence-electron chi connectivity index (χ0n) is 25.5. The van der Waals surface area contributed by atoms with Crippen LogP contribution in [0.3, 0.4) is 0 Å². The highest BCUT2D eigenvalue weighted by Crippen LogP contribution is 2.38. The molecule has 42 heavy (non-hydrogen) atoms. The number of carbonyl (C=O) groups is 3. The molecule has 2 aliphatic rings. The van der Waals surface area contributed by atoms with Crippen LogP contribution in [0, 0.1) is 0 Å². The summed E-state index contributed by atoms with van der Waals surface area (Å²) in [6.45, 7) is 9.33. The number of nitrogens with zero attached hydrogens (tertiary/aromatic N) is 2. The third-order valence-electron chi connectivity index (χ3n) is 7.53. The van der Waals surface area contributed by atoms with Crippen LogP contribution in [0.1, 0.15) is 62.3 Å². The van der Waals surface area contributed by atoms with Gasteiger partial charge in [0.15, 0.2) is 11.5 Å². The van der Waals surface area contributed by atoms with Gasteiger partial charge in [0.2, 0.25) is 5.91 Å². The van der Waals surface area contributed by atoms with Crippen molar-refractivity contribution in [3.8, 4) is 17.2 Å². The van der Waals surface area contributed by atoms with E-state index in [9.17, 15) is 14.4 Å². The molecule has 0 fully saturated rings. The van der Waals surface area contributed by atoms with Crippen molar-refractivity contribution in [3.63, 3.8) is 0 Å². The first kappa shape index (κ1) is 31.0. The third-order valence-corrected chi connectivity index (χ3v) is 7.53. The van der Waals surface area contributed by atoms with Crippen LogP contribution in [0.4, 0.5) is 9.59 Å². The Morgan fingerprint density at radius 1 is 0.952 bits per heavy atom. The Kier molecular flexibility index (Phi) is 9.85. The molecule has 1 aliphatic carbocycles. The van der Waals surface area contributed by atoms with Crippen LogP contribution in [0.2, 0.25) is 0 Å². The lowest BCUT2D eigenvalue weighted by molar-refractivity contribution is -0.131. The van der Waals surface area contributed by atoms with Gasteiger partial charge in [-0.15, -0.1) is 0 Å². The molecule has 4 rings (SSSR count). The second-order valence-electron chi connectivity index (χ2n) is 11.6. The molecule has 1 heterocycles. The van der Waals surface area contributed by atoms with E-state index in [1.807, 2.05) is 49.9 Å². The molecule has 10 nitrogen and oxygen atoms in total. The lowest BCUT2D eigenvalue weighted by atomic mass is 9.77. The molecule has 2 aromatic rings. The first-order valence-electron chi connectivity index (χ1n) is 14.5. The summed E-state index contributed by atoms with van der Waals surface area (Å²) in [7, 11) is 3.24.